The fraction of sp³-hybridized carbons (Fsp3) is 0.643. The average molecular weight is 283 g/mol. The molecule has 2 unspecified atom stereocenters. The van der Waals surface area contributed by atoms with Crippen LogP contribution in [0.5, 0.6) is 0 Å². The Balaban J connectivity index is 2.31. The van der Waals surface area contributed by atoms with E-state index in [1.165, 1.54) is 0 Å². The highest BCUT2D eigenvalue weighted by Crippen LogP contribution is 2.17. The van der Waals surface area contributed by atoms with Crippen molar-refractivity contribution < 1.29 is 14.3 Å². The largest absolute Gasteiger partial charge is 0.468 e. The Kier molecular flexibility index (Phi) is 7.11. The van der Waals surface area contributed by atoms with Gasteiger partial charge in [-0.05, 0) is 39.1 Å². The Morgan fingerprint density at radius 3 is 2.75 bits per heavy atom. The van der Waals surface area contributed by atoms with Crippen molar-refractivity contribution in [3.05, 3.63) is 24.2 Å². The highest BCUT2D eigenvalue weighted by atomic mass is 16.3. The molecule has 0 bridgehead atoms. The summed E-state index contributed by atoms with van der Waals surface area (Å²) < 4.78 is 5.37. The molecule has 114 valence electrons. The second kappa shape index (κ2) is 8.60. The summed E-state index contributed by atoms with van der Waals surface area (Å²) in [5.74, 6) is 0.816. The Morgan fingerprint density at radius 1 is 1.45 bits per heavy atom. The fourth-order valence-corrected chi connectivity index (χ4v) is 1.83. The van der Waals surface area contributed by atoms with Gasteiger partial charge in [-0.15, -0.1) is 0 Å². The van der Waals surface area contributed by atoms with E-state index in [9.17, 15) is 9.90 Å². The molecule has 6 heteroatoms. The van der Waals surface area contributed by atoms with Crippen LogP contribution < -0.4 is 10.6 Å². The first-order valence-electron chi connectivity index (χ1n) is 6.94. The summed E-state index contributed by atoms with van der Waals surface area (Å²) >= 11 is 0. The van der Waals surface area contributed by atoms with Crippen LogP contribution in [0.1, 0.15) is 31.6 Å². The van der Waals surface area contributed by atoms with E-state index in [4.69, 9.17) is 4.42 Å². The monoisotopic (exact) mass is 283 g/mol. The molecule has 2 atom stereocenters. The minimum atomic E-state index is -0.354. The van der Waals surface area contributed by atoms with Crippen molar-refractivity contribution >= 4 is 6.03 Å². The van der Waals surface area contributed by atoms with Crippen LogP contribution in [0.4, 0.5) is 4.79 Å². The number of nitrogens with zero attached hydrogens (tertiary/aromatic N) is 1. The molecule has 0 aliphatic carbocycles. The summed E-state index contributed by atoms with van der Waals surface area (Å²) in [6, 6.07) is 3.49. The van der Waals surface area contributed by atoms with Crippen molar-refractivity contribution in [3.8, 4) is 0 Å². The number of carbonyl (C=O) groups excluding carboxylic acids is 1. The quantitative estimate of drug-likeness (QED) is 0.673. The van der Waals surface area contributed by atoms with Crippen molar-refractivity contribution in [1.82, 2.24) is 15.5 Å². The number of carbonyl (C=O) groups is 1. The van der Waals surface area contributed by atoms with Gasteiger partial charge in [-0.3, -0.25) is 4.90 Å². The highest BCUT2D eigenvalue weighted by Gasteiger charge is 2.17. The first-order chi connectivity index (χ1) is 9.54. The van der Waals surface area contributed by atoms with E-state index in [0.717, 1.165) is 5.76 Å². The molecule has 1 heterocycles. The number of aliphatic hydroxyl groups excluding tert-OH is 1. The van der Waals surface area contributed by atoms with Crippen LogP contribution in [-0.2, 0) is 0 Å². The molecule has 0 aliphatic rings. The third-order valence-corrected chi connectivity index (χ3v) is 3.19. The number of amides is 2. The number of hydrogen-bond donors (Lipinski definition) is 3. The van der Waals surface area contributed by atoms with E-state index in [1.807, 2.05) is 38.1 Å². The number of urea groups is 1. The van der Waals surface area contributed by atoms with E-state index in [-0.39, 0.29) is 18.2 Å². The smallest absolute Gasteiger partial charge is 0.314 e. The zero-order chi connectivity index (χ0) is 15.0. The van der Waals surface area contributed by atoms with Crippen LogP contribution in [-0.4, -0.2) is 49.3 Å². The molecule has 1 aromatic heterocycles. The molecule has 0 radical (unpaired) electrons. The van der Waals surface area contributed by atoms with Crippen molar-refractivity contribution in [2.75, 3.05) is 27.2 Å². The molecule has 0 fully saturated rings. The van der Waals surface area contributed by atoms with Gasteiger partial charge in [-0.1, -0.05) is 6.92 Å². The van der Waals surface area contributed by atoms with Crippen LogP contribution >= 0.6 is 0 Å². The molecule has 2 amide bonds. The fourth-order valence-electron chi connectivity index (χ4n) is 1.83. The molecule has 0 aromatic carbocycles. The summed E-state index contributed by atoms with van der Waals surface area (Å²) in [5, 5.41) is 14.9. The van der Waals surface area contributed by atoms with E-state index in [1.54, 1.807) is 6.26 Å². The highest BCUT2D eigenvalue weighted by molar-refractivity contribution is 5.73. The van der Waals surface area contributed by atoms with Gasteiger partial charge in [-0.2, -0.15) is 0 Å². The second-order valence-corrected chi connectivity index (χ2v) is 4.98. The van der Waals surface area contributed by atoms with Crippen molar-refractivity contribution in [1.29, 1.82) is 0 Å². The molecule has 3 N–H and O–H groups in total. The van der Waals surface area contributed by atoms with Gasteiger partial charge < -0.3 is 20.2 Å². The molecule has 1 aromatic rings. The summed E-state index contributed by atoms with van der Waals surface area (Å²) in [5.41, 5.74) is 0. The normalized spacial score (nSPS) is 14.1. The molecule has 0 aliphatic heterocycles. The summed E-state index contributed by atoms with van der Waals surface area (Å²) in [6.45, 7) is 2.84. The van der Waals surface area contributed by atoms with Gasteiger partial charge in [0, 0.05) is 13.1 Å². The Hall–Kier alpha value is -1.53. The average Bonchev–Trinajstić information content (AvgIpc) is 2.92. The minimum Gasteiger partial charge on any atom is -0.468 e. The molecule has 0 spiro atoms. The Bertz CT molecular complexity index is 379. The molecule has 0 saturated carbocycles. The topological polar surface area (TPSA) is 77.7 Å². The lowest BCUT2D eigenvalue weighted by atomic mass is 10.2. The maximum Gasteiger partial charge on any atom is 0.314 e. The third kappa shape index (κ3) is 5.63. The van der Waals surface area contributed by atoms with Crippen LogP contribution in [0.2, 0.25) is 0 Å². The molecule has 20 heavy (non-hydrogen) atoms. The van der Waals surface area contributed by atoms with E-state index in [2.05, 4.69) is 10.6 Å². The first kappa shape index (κ1) is 16.5. The minimum absolute atomic E-state index is 0.00279. The summed E-state index contributed by atoms with van der Waals surface area (Å²) in [6.07, 6.45) is 2.54. The predicted molar refractivity (Wildman–Crippen MR) is 77.5 cm³/mol. The number of hydrogen-bond acceptors (Lipinski definition) is 4. The van der Waals surface area contributed by atoms with Crippen LogP contribution in [0.15, 0.2) is 22.8 Å². The summed E-state index contributed by atoms with van der Waals surface area (Å²) in [7, 11) is 3.87. The van der Waals surface area contributed by atoms with Crippen molar-refractivity contribution in [2.45, 2.75) is 31.9 Å². The van der Waals surface area contributed by atoms with Gasteiger partial charge in [0.1, 0.15) is 5.76 Å². The number of furan rings is 1. The molecule has 6 nitrogen and oxygen atoms in total. The van der Waals surface area contributed by atoms with Crippen molar-refractivity contribution in [2.24, 2.45) is 0 Å². The van der Waals surface area contributed by atoms with Crippen molar-refractivity contribution in [3.63, 3.8) is 0 Å². The van der Waals surface area contributed by atoms with Gasteiger partial charge in [0.15, 0.2) is 0 Å². The second-order valence-electron chi connectivity index (χ2n) is 4.98. The van der Waals surface area contributed by atoms with Gasteiger partial charge in [0.2, 0.25) is 0 Å². The van der Waals surface area contributed by atoms with Gasteiger partial charge in [0.05, 0.1) is 18.4 Å². The van der Waals surface area contributed by atoms with Gasteiger partial charge >= 0.3 is 6.03 Å². The van der Waals surface area contributed by atoms with Gasteiger partial charge in [-0.25, -0.2) is 4.79 Å². The zero-order valence-electron chi connectivity index (χ0n) is 12.4. The lowest BCUT2D eigenvalue weighted by Crippen LogP contribution is -2.41. The Labute approximate surface area is 120 Å². The molecular weight excluding hydrogens is 258 g/mol. The number of nitrogens with one attached hydrogen (secondary N) is 2. The number of aliphatic hydroxyl groups is 1. The predicted octanol–water partition coefficient (Wildman–Crippen LogP) is 1.34. The van der Waals surface area contributed by atoms with E-state index >= 15 is 0 Å². The van der Waals surface area contributed by atoms with E-state index in [0.29, 0.717) is 25.9 Å². The zero-order valence-corrected chi connectivity index (χ0v) is 12.4. The number of rotatable bonds is 8. The maximum atomic E-state index is 11.7. The lowest BCUT2D eigenvalue weighted by molar-refractivity contribution is 0.160. The van der Waals surface area contributed by atoms with E-state index < -0.39 is 0 Å². The lowest BCUT2D eigenvalue weighted by Gasteiger charge is -2.22. The molecular formula is C14H25N3O3. The first-order valence-corrected chi connectivity index (χ1v) is 6.94. The third-order valence-electron chi connectivity index (χ3n) is 3.19. The SMILES string of the molecule is CCC(O)CCNC(=O)NCC(c1ccco1)N(C)C. The number of likely N-dealkylation sites (N-methyl/N-ethyl adjacent to an activating group) is 1. The van der Waals surface area contributed by atoms with Crippen LogP contribution in [0.25, 0.3) is 0 Å². The maximum absolute atomic E-state index is 11.7. The van der Waals surface area contributed by atoms with Crippen LogP contribution in [0.3, 0.4) is 0 Å². The molecule has 1 rings (SSSR count). The Morgan fingerprint density at radius 2 is 2.20 bits per heavy atom. The van der Waals surface area contributed by atoms with Crippen LogP contribution in [0, 0.1) is 0 Å². The summed E-state index contributed by atoms with van der Waals surface area (Å²) in [4.78, 5) is 13.6. The molecule has 0 saturated heterocycles. The standard InChI is InChI=1S/C14H25N3O3/c1-4-11(18)7-8-15-14(19)16-10-12(17(2)3)13-6-5-9-20-13/h5-6,9,11-12,18H,4,7-8,10H2,1-3H3,(H2,15,16,19). The van der Waals surface area contributed by atoms with Gasteiger partial charge in [0.25, 0.3) is 0 Å².